The first-order valence-electron chi connectivity index (χ1n) is 7.70. The minimum absolute atomic E-state index is 0.111. The molecule has 1 aromatic heterocycles. The van der Waals surface area contributed by atoms with Crippen LogP contribution in [0, 0.1) is 6.92 Å². The van der Waals surface area contributed by atoms with Crippen LogP contribution in [0.25, 0.3) is 11.1 Å². The van der Waals surface area contributed by atoms with Gasteiger partial charge in [0.25, 0.3) is 5.91 Å². The number of carbonyl (C=O) groups is 1. The number of rotatable bonds is 8. The molecule has 2 rings (SSSR count). The smallest absolute Gasteiger partial charge is 0.252 e. The molecule has 0 saturated carbocycles. The number of benzene rings is 1. The third kappa shape index (κ3) is 5.47. The number of methoxy groups -OCH3 is 1. The summed E-state index contributed by atoms with van der Waals surface area (Å²) in [6, 6.07) is 10.0. The molecular weight excluding hydrogens is 290 g/mol. The van der Waals surface area contributed by atoms with Crippen molar-refractivity contribution in [2.24, 2.45) is 0 Å². The molecular formula is C18H23N3O2. The number of aryl methyl sites for hydroxylation is 1. The highest BCUT2D eigenvalue weighted by Gasteiger charge is 2.07. The van der Waals surface area contributed by atoms with Crippen molar-refractivity contribution >= 4 is 5.91 Å². The van der Waals surface area contributed by atoms with Gasteiger partial charge in [-0.2, -0.15) is 0 Å². The summed E-state index contributed by atoms with van der Waals surface area (Å²) < 4.78 is 4.94. The molecule has 0 fully saturated rings. The summed E-state index contributed by atoms with van der Waals surface area (Å²) >= 11 is 0. The minimum atomic E-state index is -0.111. The minimum Gasteiger partial charge on any atom is -0.383 e. The lowest BCUT2D eigenvalue weighted by atomic mass is 10.0. The van der Waals surface area contributed by atoms with Crippen LogP contribution < -0.4 is 10.6 Å². The maximum absolute atomic E-state index is 12.2. The molecule has 0 radical (unpaired) electrons. The monoisotopic (exact) mass is 313 g/mol. The predicted molar refractivity (Wildman–Crippen MR) is 91.5 cm³/mol. The van der Waals surface area contributed by atoms with Gasteiger partial charge in [0.15, 0.2) is 0 Å². The molecule has 2 aromatic rings. The van der Waals surface area contributed by atoms with Crippen molar-refractivity contribution in [1.29, 1.82) is 0 Å². The average Bonchev–Trinajstić information content (AvgIpc) is 2.58. The van der Waals surface area contributed by atoms with Gasteiger partial charge in [0.1, 0.15) is 0 Å². The number of aromatic nitrogens is 1. The number of carbonyl (C=O) groups excluding carboxylic acids is 1. The second-order valence-corrected chi connectivity index (χ2v) is 5.33. The molecule has 5 heteroatoms. The van der Waals surface area contributed by atoms with Crippen LogP contribution in [-0.4, -0.2) is 44.2 Å². The van der Waals surface area contributed by atoms with Gasteiger partial charge in [0.05, 0.1) is 12.2 Å². The summed E-state index contributed by atoms with van der Waals surface area (Å²) in [7, 11) is 1.66. The summed E-state index contributed by atoms with van der Waals surface area (Å²) in [4.78, 5) is 16.3. The van der Waals surface area contributed by atoms with Crippen LogP contribution in [0.4, 0.5) is 0 Å². The van der Waals surface area contributed by atoms with Crippen molar-refractivity contribution in [2.45, 2.75) is 6.92 Å². The number of hydrogen-bond acceptors (Lipinski definition) is 4. The van der Waals surface area contributed by atoms with Crippen LogP contribution in [0.1, 0.15) is 15.9 Å². The van der Waals surface area contributed by atoms with Gasteiger partial charge < -0.3 is 15.4 Å². The number of ether oxygens (including phenoxy) is 1. The van der Waals surface area contributed by atoms with Crippen LogP contribution in [0.5, 0.6) is 0 Å². The third-order valence-electron chi connectivity index (χ3n) is 3.46. The van der Waals surface area contributed by atoms with Gasteiger partial charge >= 0.3 is 0 Å². The Morgan fingerprint density at radius 2 is 1.87 bits per heavy atom. The van der Waals surface area contributed by atoms with Gasteiger partial charge in [-0.25, -0.2) is 0 Å². The highest BCUT2D eigenvalue weighted by molar-refractivity contribution is 5.95. The van der Waals surface area contributed by atoms with Gasteiger partial charge in [-0.3, -0.25) is 9.78 Å². The van der Waals surface area contributed by atoms with E-state index < -0.39 is 0 Å². The highest BCUT2D eigenvalue weighted by atomic mass is 16.5. The average molecular weight is 313 g/mol. The van der Waals surface area contributed by atoms with Crippen LogP contribution in [0.3, 0.4) is 0 Å². The van der Waals surface area contributed by atoms with E-state index in [-0.39, 0.29) is 5.91 Å². The Morgan fingerprint density at radius 3 is 2.61 bits per heavy atom. The van der Waals surface area contributed by atoms with Crippen molar-refractivity contribution in [1.82, 2.24) is 15.6 Å². The van der Waals surface area contributed by atoms with Crippen molar-refractivity contribution in [2.75, 3.05) is 33.4 Å². The molecule has 0 spiro atoms. The van der Waals surface area contributed by atoms with Crippen molar-refractivity contribution < 1.29 is 9.53 Å². The SMILES string of the molecule is COCCNCCNC(=O)c1cncc(-c2ccc(C)cc2)c1. The molecule has 0 aliphatic rings. The predicted octanol–water partition coefficient (Wildman–Crippen LogP) is 2.02. The van der Waals surface area contributed by atoms with Crippen LogP contribution in [0.15, 0.2) is 42.7 Å². The van der Waals surface area contributed by atoms with E-state index >= 15 is 0 Å². The molecule has 0 unspecified atom stereocenters. The van der Waals surface area contributed by atoms with E-state index in [9.17, 15) is 4.79 Å². The zero-order chi connectivity index (χ0) is 16.5. The van der Waals surface area contributed by atoms with Crippen molar-refractivity contribution in [3.05, 3.63) is 53.9 Å². The second kappa shape index (κ2) is 9.02. The summed E-state index contributed by atoms with van der Waals surface area (Å²) in [6.45, 7) is 4.76. The standard InChI is InChI=1S/C18H23N3O2/c1-14-3-5-15(6-4-14)16-11-17(13-20-12-16)18(22)21-8-7-19-9-10-23-2/h3-6,11-13,19H,7-10H2,1-2H3,(H,21,22). The molecule has 1 amide bonds. The molecule has 0 atom stereocenters. The fourth-order valence-corrected chi connectivity index (χ4v) is 2.13. The van der Waals surface area contributed by atoms with Crippen LogP contribution in [0.2, 0.25) is 0 Å². The number of nitrogens with one attached hydrogen (secondary N) is 2. The number of pyridine rings is 1. The van der Waals surface area contributed by atoms with Crippen molar-refractivity contribution in [3.63, 3.8) is 0 Å². The molecule has 122 valence electrons. The maximum Gasteiger partial charge on any atom is 0.252 e. The highest BCUT2D eigenvalue weighted by Crippen LogP contribution is 2.19. The molecule has 5 nitrogen and oxygen atoms in total. The zero-order valence-corrected chi connectivity index (χ0v) is 13.6. The van der Waals surface area contributed by atoms with E-state index in [0.29, 0.717) is 25.3 Å². The van der Waals surface area contributed by atoms with E-state index in [1.165, 1.54) is 5.56 Å². The molecule has 0 saturated heterocycles. The van der Waals surface area contributed by atoms with Gasteiger partial charge in [0.2, 0.25) is 0 Å². The summed E-state index contributed by atoms with van der Waals surface area (Å²) in [5.74, 6) is -0.111. The summed E-state index contributed by atoms with van der Waals surface area (Å²) in [5, 5.41) is 6.06. The Kier molecular flexibility index (Phi) is 6.72. The molecule has 0 aliphatic heterocycles. The largest absolute Gasteiger partial charge is 0.383 e. The first-order valence-corrected chi connectivity index (χ1v) is 7.70. The Labute approximate surface area is 137 Å². The second-order valence-electron chi connectivity index (χ2n) is 5.33. The molecule has 1 aromatic carbocycles. The first-order chi connectivity index (χ1) is 11.2. The lowest BCUT2D eigenvalue weighted by Crippen LogP contribution is -2.33. The Balaban J connectivity index is 1.91. The first kappa shape index (κ1) is 17.1. The fourth-order valence-electron chi connectivity index (χ4n) is 2.13. The fraction of sp³-hybridized carbons (Fsp3) is 0.333. The molecule has 1 heterocycles. The molecule has 0 aliphatic carbocycles. The quantitative estimate of drug-likeness (QED) is 0.732. The zero-order valence-electron chi connectivity index (χ0n) is 13.6. The number of amides is 1. The van der Waals surface area contributed by atoms with Crippen molar-refractivity contribution in [3.8, 4) is 11.1 Å². The topological polar surface area (TPSA) is 63.2 Å². The molecule has 0 bridgehead atoms. The van der Waals surface area contributed by atoms with Gasteiger partial charge in [0, 0.05) is 44.7 Å². The van der Waals surface area contributed by atoms with E-state index in [0.717, 1.165) is 17.7 Å². The van der Waals surface area contributed by atoms with Crippen LogP contribution in [-0.2, 0) is 4.74 Å². The molecule has 2 N–H and O–H groups in total. The third-order valence-corrected chi connectivity index (χ3v) is 3.46. The van der Waals surface area contributed by atoms with E-state index in [1.807, 2.05) is 37.3 Å². The lowest BCUT2D eigenvalue weighted by Gasteiger charge is -2.08. The number of nitrogens with zero attached hydrogens (tertiary/aromatic N) is 1. The summed E-state index contributed by atoms with van der Waals surface area (Å²) in [6.07, 6.45) is 3.36. The Bertz CT molecular complexity index is 626. The maximum atomic E-state index is 12.2. The normalized spacial score (nSPS) is 10.5. The number of hydrogen-bond donors (Lipinski definition) is 2. The van der Waals surface area contributed by atoms with Gasteiger partial charge in [-0.15, -0.1) is 0 Å². The van der Waals surface area contributed by atoms with Crippen LogP contribution >= 0.6 is 0 Å². The Hall–Kier alpha value is -2.24. The van der Waals surface area contributed by atoms with E-state index in [4.69, 9.17) is 4.74 Å². The lowest BCUT2D eigenvalue weighted by molar-refractivity contribution is 0.0953. The molecule has 23 heavy (non-hydrogen) atoms. The van der Waals surface area contributed by atoms with E-state index in [2.05, 4.69) is 15.6 Å². The van der Waals surface area contributed by atoms with Gasteiger partial charge in [-0.05, 0) is 18.6 Å². The summed E-state index contributed by atoms with van der Waals surface area (Å²) in [5.41, 5.74) is 3.77. The van der Waals surface area contributed by atoms with E-state index in [1.54, 1.807) is 19.5 Å². The van der Waals surface area contributed by atoms with Gasteiger partial charge in [-0.1, -0.05) is 29.8 Å². The Morgan fingerprint density at radius 1 is 1.09 bits per heavy atom.